The number of fused-ring (bicyclic) bond motifs is 1. The van der Waals surface area contributed by atoms with Crippen molar-refractivity contribution in [1.29, 1.82) is 0 Å². The highest BCUT2D eigenvalue weighted by Crippen LogP contribution is 2.26. The summed E-state index contributed by atoms with van der Waals surface area (Å²) in [4.78, 5) is 13.6. The van der Waals surface area contributed by atoms with E-state index in [1.807, 2.05) is 0 Å². The van der Waals surface area contributed by atoms with Crippen molar-refractivity contribution in [2.24, 2.45) is 0 Å². The lowest BCUT2D eigenvalue weighted by atomic mass is 9.99. The van der Waals surface area contributed by atoms with Crippen molar-refractivity contribution in [2.45, 2.75) is 17.9 Å². The molecule has 150 valence electrons. The first kappa shape index (κ1) is 19.1. The van der Waals surface area contributed by atoms with Crippen LogP contribution in [0.4, 0.5) is 14.5 Å². The smallest absolute Gasteiger partial charge is 0.289 e. The van der Waals surface area contributed by atoms with Crippen LogP contribution in [0.3, 0.4) is 0 Å². The lowest BCUT2D eigenvalue weighted by Crippen LogP contribution is -2.35. The molecule has 4 rings (SSSR count). The Morgan fingerprint density at radius 3 is 2.48 bits per heavy atom. The van der Waals surface area contributed by atoms with Gasteiger partial charge in [0.25, 0.3) is 15.9 Å². The first-order chi connectivity index (χ1) is 13.8. The molecule has 0 radical (unpaired) electrons. The van der Waals surface area contributed by atoms with E-state index in [9.17, 15) is 22.0 Å². The predicted octanol–water partition coefficient (Wildman–Crippen LogP) is 3.56. The van der Waals surface area contributed by atoms with Crippen LogP contribution in [0.25, 0.3) is 0 Å². The molecule has 2 aromatic carbocycles. The summed E-state index contributed by atoms with van der Waals surface area (Å²) < 4.78 is 59.2. The van der Waals surface area contributed by atoms with E-state index >= 15 is 0 Å². The van der Waals surface area contributed by atoms with Crippen molar-refractivity contribution in [3.8, 4) is 0 Å². The number of anilines is 1. The van der Waals surface area contributed by atoms with Gasteiger partial charge in [-0.2, -0.15) is 0 Å². The molecule has 0 saturated carbocycles. The zero-order valence-electron chi connectivity index (χ0n) is 15.1. The Labute approximate surface area is 165 Å². The number of carbonyl (C=O) groups excluding carboxylic acids is 1. The fraction of sp³-hybridized carbons (Fsp3) is 0.150. The van der Waals surface area contributed by atoms with Crippen molar-refractivity contribution >= 4 is 21.6 Å². The molecule has 9 heteroatoms. The standard InChI is InChI=1S/C20H16F2N2O4S/c21-15-9-16(22)11-18(10-15)29(26,27)23-17-4-3-13-5-6-24(12-14(13)8-17)20(25)19-2-1-7-28-19/h1-4,7-11,23H,5-6,12H2. The third kappa shape index (κ3) is 4.00. The largest absolute Gasteiger partial charge is 0.459 e. The van der Waals surface area contributed by atoms with Crippen LogP contribution < -0.4 is 4.72 Å². The van der Waals surface area contributed by atoms with Crippen LogP contribution in [0.2, 0.25) is 0 Å². The summed E-state index contributed by atoms with van der Waals surface area (Å²) in [7, 11) is -4.18. The maximum Gasteiger partial charge on any atom is 0.289 e. The molecule has 6 nitrogen and oxygen atoms in total. The third-order valence-corrected chi connectivity index (χ3v) is 6.00. The van der Waals surface area contributed by atoms with Gasteiger partial charge in [-0.1, -0.05) is 6.07 Å². The molecule has 0 spiro atoms. The van der Waals surface area contributed by atoms with E-state index in [2.05, 4.69) is 4.72 Å². The summed E-state index contributed by atoms with van der Waals surface area (Å²) >= 11 is 0. The second-order valence-electron chi connectivity index (χ2n) is 6.65. The molecular formula is C20H16F2N2O4S. The van der Waals surface area contributed by atoms with Crippen molar-refractivity contribution in [3.05, 3.63) is 83.3 Å². The summed E-state index contributed by atoms with van der Waals surface area (Å²) in [6.45, 7) is 0.805. The molecule has 0 atom stereocenters. The maximum absolute atomic E-state index is 13.4. The van der Waals surface area contributed by atoms with Gasteiger partial charge in [0.05, 0.1) is 11.2 Å². The zero-order valence-corrected chi connectivity index (χ0v) is 15.9. The van der Waals surface area contributed by atoms with Crippen LogP contribution in [0.1, 0.15) is 21.7 Å². The van der Waals surface area contributed by atoms with E-state index in [1.165, 1.54) is 6.26 Å². The van der Waals surface area contributed by atoms with Crippen LogP contribution in [0, 0.1) is 11.6 Å². The Morgan fingerprint density at radius 2 is 1.79 bits per heavy atom. The SMILES string of the molecule is O=C(c1ccco1)N1CCc2ccc(NS(=O)(=O)c3cc(F)cc(F)c3)cc2C1. The Kier molecular flexibility index (Phi) is 4.83. The topological polar surface area (TPSA) is 79.6 Å². The van der Waals surface area contributed by atoms with E-state index in [0.717, 1.165) is 23.3 Å². The molecule has 1 aliphatic heterocycles. The zero-order chi connectivity index (χ0) is 20.6. The number of furan rings is 1. The van der Waals surface area contributed by atoms with Crippen molar-refractivity contribution in [2.75, 3.05) is 11.3 Å². The summed E-state index contributed by atoms with van der Waals surface area (Å²) in [5, 5.41) is 0. The number of hydrogen-bond acceptors (Lipinski definition) is 4. The third-order valence-electron chi connectivity index (χ3n) is 4.64. The molecule has 3 aromatic rings. The fourth-order valence-corrected chi connectivity index (χ4v) is 4.34. The molecular weight excluding hydrogens is 402 g/mol. The minimum Gasteiger partial charge on any atom is -0.459 e. The van der Waals surface area contributed by atoms with Crippen molar-refractivity contribution < 1.29 is 26.4 Å². The Morgan fingerprint density at radius 1 is 1.03 bits per heavy atom. The minimum absolute atomic E-state index is 0.235. The van der Waals surface area contributed by atoms with E-state index in [-0.39, 0.29) is 17.4 Å². The lowest BCUT2D eigenvalue weighted by Gasteiger charge is -2.28. The molecule has 1 amide bonds. The quantitative estimate of drug-likeness (QED) is 0.703. The van der Waals surface area contributed by atoms with Gasteiger partial charge in [-0.25, -0.2) is 17.2 Å². The van der Waals surface area contributed by atoms with Crippen LogP contribution in [-0.4, -0.2) is 25.8 Å². The second-order valence-corrected chi connectivity index (χ2v) is 8.33. The molecule has 0 saturated heterocycles. The van der Waals surface area contributed by atoms with Gasteiger partial charge in [0, 0.05) is 24.8 Å². The van der Waals surface area contributed by atoms with Gasteiger partial charge in [0.1, 0.15) is 11.6 Å². The molecule has 0 aliphatic carbocycles. The molecule has 1 N–H and O–H groups in total. The highest BCUT2D eigenvalue weighted by atomic mass is 32.2. The lowest BCUT2D eigenvalue weighted by molar-refractivity contribution is 0.0702. The van der Waals surface area contributed by atoms with Gasteiger partial charge >= 0.3 is 0 Å². The summed E-state index contributed by atoms with van der Waals surface area (Å²) in [6, 6.07) is 10.3. The van der Waals surface area contributed by atoms with Gasteiger partial charge in [0.15, 0.2) is 5.76 Å². The Hall–Kier alpha value is -3.20. The number of nitrogens with one attached hydrogen (secondary N) is 1. The average Bonchev–Trinajstić information content (AvgIpc) is 3.20. The van der Waals surface area contributed by atoms with E-state index in [4.69, 9.17) is 4.42 Å². The van der Waals surface area contributed by atoms with E-state index in [0.29, 0.717) is 25.6 Å². The maximum atomic E-state index is 13.4. The molecule has 0 fully saturated rings. The van der Waals surface area contributed by atoms with Crippen LogP contribution in [0.15, 0.2) is 64.1 Å². The number of sulfonamides is 1. The van der Waals surface area contributed by atoms with Crippen molar-refractivity contribution in [1.82, 2.24) is 4.90 Å². The Balaban J connectivity index is 1.57. The second kappa shape index (κ2) is 7.32. The van der Waals surface area contributed by atoms with Gasteiger partial charge in [-0.15, -0.1) is 0 Å². The highest BCUT2D eigenvalue weighted by Gasteiger charge is 2.24. The highest BCUT2D eigenvalue weighted by molar-refractivity contribution is 7.92. The first-order valence-corrected chi connectivity index (χ1v) is 10.2. The average molecular weight is 418 g/mol. The molecule has 2 heterocycles. The number of rotatable bonds is 4. The van der Waals surface area contributed by atoms with Gasteiger partial charge in [-0.3, -0.25) is 9.52 Å². The van der Waals surface area contributed by atoms with Gasteiger partial charge in [0.2, 0.25) is 0 Å². The first-order valence-electron chi connectivity index (χ1n) is 8.75. The van der Waals surface area contributed by atoms with Gasteiger partial charge in [-0.05, 0) is 53.9 Å². The van der Waals surface area contributed by atoms with Crippen LogP contribution >= 0.6 is 0 Å². The van der Waals surface area contributed by atoms with E-state index in [1.54, 1.807) is 35.2 Å². The van der Waals surface area contributed by atoms with Crippen LogP contribution in [-0.2, 0) is 23.0 Å². The molecule has 1 aliphatic rings. The molecule has 0 unspecified atom stereocenters. The molecule has 1 aromatic heterocycles. The van der Waals surface area contributed by atoms with Crippen LogP contribution in [0.5, 0.6) is 0 Å². The number of halogens is 2. The molecule has 29 heavy (non-hydrogen) atoms. The monoisotopic (exact) mass is 418 g/mol. The minimum atomic E-state index is -4.18. The predicted molar refractivity (Wildman–Crippen MR) is 101 cm³/mol. The Bertz CT molecular complexity index is 1160. The van der Waals surface area contributed by atoms with E-state index < -0.39 is 26.6 Å². The summed E-state index contributed by atoms with van der Waals surface area (Å²) in [5.41, 5.74) is 2.01. The number of carbonyl (C=O) groups is 1. The fourth-order valence-electron chi connectivity index (χ4n) is 3.25. The number of amides is 1. The summed E-state index contributed by atoms with van der Waals surface area (Å²) in [5.74, 6) is -1.98. The summed E-state index contributed by atoms with van der Waals surface area (Å²) in [6.07, 6.45) is 2.04. The normalized spacial score (nSPS) is 13.8. The molecule has 0 bridgehead atoms. The number of hydrogen-bond donors (Lipinski definition) is 1. The van der Waals surface area contributed by atoms with Gasteiger partial charge < -0.3 is 9.32 Å². The number of benzene rings is 2. The number of nitrogens with zero attached hydrogens (tertiary/aromatic N) is 1. The van der Waals surface area contributed by atoms with Crippen molar-refractivity contribution in [3.63, 3.8) is 0 Å².